The van der Waals surface area contributed by atoms with Crippen LogP contribution >= 0.6 is 11.6 Å². The minimum atomic E-state index is -0.798. The Bertz CT molecular complexity index is 1050. The van der Waals surface area contributed by atoms with E-state index in [0.29, 0.717) is 36.0 Å². The molecule has 0 spiro atoms. The number of carbonyl (C=O) groups is 3. The number of rotatable bonds is 11. The molecule has 4 rings (SSSR count). The molecule has 9 heteroatoms. The Morgan fingerprint density at radius 2 is 1.79 bits per heavy atom. The van der Waals surface area contributed by atoms with Gasteiger partial charge in [0, 0.05) is 43.3 Å². The Morgan fingerprint density at radius 3 is 2.47 bits per heavy atom. The van der Waals surface area contributed by atoms with Crippen molar-refractivity contribution in [3.8, 4) is 0 Å². The number of hydrogen-bond donors (Lipinski definition) is 2. The Hall–Kier alpha value is -2.97. The van der Waals surface area contributed by atoms with Gasteiger partial charge in [-0.05, 0) is 61.9 Å². The maximum Gasteiger partial charge on any atom is 0.247 e. The van der Waals surface area contributed by atoms with Gasteiger partial charge in [0.05, 0.1) is 6.10 Å². The fourth-order valence-corrected chi connectivity index (χ4v) is 5.32. The van der Waals surface area contributed by atoms with Crippen molar-refractivity contribution in [3.05, 3.63) is 59.2 Å². The van der Waals surface area contributed by atoms with Crippen LogP contribution in [0.3, 0.4) is 0 Å². The number of benzene rings is 1. The molecule has 0 radical (unpaired) electrons. The van der Waals surface area contributed by atoms with Gasteiger partial charge in [0.1, 0.15) is 11.9 Å². The number of anilines is 1. The van der Waals surface area contributed by atoms with Gasteiger partial charge in [0.2, 0.25) is 17.7 Å². The molecule has 2 N–H and O–H groups in total. The third kappa shape index (κ3) is 8.27. The van der Waals surface area contributed by atoms with Gasteiger partial charge >= 0.3 is 0 Å². The first kappa shape index (κ1) is 28.0. The predicted octanol–water partition coefficient (Wildman–Crippen LogP) is 5.04. The van der Waals surface area contributed by atoms with Crippen LogP contribution in [0, 0.1) is 0 Å². The van der Waals surface area contributed by atoms with Crippen LogP contribution in [0.5, 0.6) is 0 Å². The molecule has 8 nitrogen and oxygen atoms in total. The SMILES string of the molecule is O=C(CCCC(=O)N(C[C@@H]1CCCO1)[C@H](C(=O)NC1CCCCC1)c1ccc(Cl)cc1)Nc1ccccn1. The van der Waals surface area contributed by atoms with Crippen LogP contribution in [-0.2, 0) is 19.1 Å². The number of halogens is 1. The van der Waals surface area contributed by atoms with Gasteiger partial charge in [-0.3, -0.25) is 14.4 Å². The third-order valence-electron chi connectivity index (χ3n) is 7.17. The Morgan fingerprint density at radius 1 is 1.00 bits per heavy atom. The van der Waals surface area contributed by atoms with Gasteiger partial charge in [-0.1, -0.05) is 49.1 Å². The molecule has 0 unspecified atom stereocenters. The molecule has 1 aromatic carbocycles. The highest BCUT2D eigenvalue weighted by Crippen LogP contribution is 2.28. The van der Waals surface area contributed by atoms with E-state index in [1.165, 1.54) is 6.42 Å². The molecule has 2 aromatic rings. The van der Waals surface area contributed by atoms with E-state index in [4.69, 9.17) is 16.3 Å². The maximum atomic E-state index is 13.8. The molecule has 1 aromatic heterocycles. The lowest BCUT2D eigenvalue weighted by Crippen LogP contribution is -2.49. The highest BCUT2D eigenvalue weighted by molar-refractivity contribution is 6.30. The van der Waals surface area contributed by atoms with Gasteiger partial charge in [-0.15, -0.1) is 0 Å². The van der Waals surface area contributed by atoms with E-state index >= 15 is 0 Å². The zero-order valence-electron chi connectivity index (χ0n) is 21.7. The molecule has 1 saturated carbocycles. The molecule has 2 atom stereocenters. The van der Waals surface area contributed by atoms with Gasteiger partial charge in [-0.2, -0.15) is 0 Å². The summed E-state index contributed by atoms with van der Waals surface area (Å²) in [5, 5.41) is 6.53. The second kappa shape index (κ2) is 14.3. The number of nitrogens with zero attached hydrogens (tertiary/aromatic N) is 2. The van der Waals surface area contributed by atoms with E-state index in [0.717, 1.165) is 38.5 Å². The normalized spacial score (nSPS) is 18.5. The minimum absolute atomic E-state index is 0.112. The number of pyridine rings is 1. The van der Waals surface area contributed by atoms with Gasteiger partial charge in [-0.25, -0.2) is 4.98 Å². The topological polar surface area (TPSA) is 101 Å². The average Bonchev–Trinajstić information content (AvgIpc) is 3.44. The summed E-state index contributed by atoms with van der Waals surface area (Å²) in [7, 11) is 0. The summed E-state index contributed by atoms with van der Waals surface area (Å²) in [5.41, 5.74) is 0.710. The molecule has 1 saturated heterocycles. The lowest BCUT2D eigenvalue weighted by Gasteiger charge is -2.35. The van der Waals surface area contributed by atoms with Crippen LogP contribution in [0.1, 0.15) is 75.8 Å². The van der Waals surface area contributed by atoms with E-state index in [9.17, 15) is 14.4 Å². The second-order valence-corrected chi connectivity index (χ2v) is 10.5. The molecule has 2 aliphatic rings. The van der Waals surface area contributed by atoms with Crippen molar-refractivity contribution in [2.75, 3.05) is 18.5 Å². The van der Waals surface area contributed by atoms with Crippen LogP contribution in [-0.4, -0.2) is 52.9 Å². The first-order valence-electron chi connectivity index (χ1n) is 13.7. The van der Waals surface area contributed by atoms with E-state index in [-0.39, 0.29) is 42.7 Å². The largest absolute Gasteiger partial charge is 0.376 e. The quantitative estimate of drug-likeness (QED) is 0.416. The van der Waals surface area contributed by atoms with Crippen LogP contribution < -0.4 is 10.6 Å². The predicted molar refractivity (Wildman–Crippen MR) is 147 cm³/mol. The molecule has 2 heterocycles. The summed E-state index contributed by atoms with van der Waals surface area (Å²) < 4.78 is 5.86. The van der Waals surface area contributed by atoms with Crippen LogP contribution in [0.25, 0.3) is 0 Å². The van der Waals surface area contributed by atoms with E-state index in [2.05, 4.69) is 15.6 Å². The van der Waals surface area contributed by atoms with Crippen molar-refractivity contribution < 1.29 is 19.1 Å². The Labute approximate surface area is 229 Å². The molecule has 0 bridgehead atoms. The lowest BCUT2D eigenvalue weighted by molar-refractivity contribution is -0.143. The van der Waals surface area contributed by atoms with E-state index in [1.807, 2.05) is 12.1 Å². The molecular formula is C29H37ClN4O4. The molecule has 38 heavy (non-hydrogen) atoms. The maximum absolute atomic E-state index is 13.8. The number of nitrogens with one attached hydrogen (secondary N) is 2. The fourth-order valence-electron chi connectivity index (χ4n) is 5.19. The summed E-state index contributed by atoms with van der Waals surface area (Å²) >= 11 is 6.14. The first-order valence-corrected chi connectivity index (χ1v) is 14.0. The molecule has 1 aliphatic carbocycles. The van der Waals surface area contributed by atoms with Crippen molar-refractivity contribution in [1.82, 2.24) is 15.2 Å². The van der Waals surface area contributed by atoms with Crippen molar-refractivity contribution in [2.24, 2.45) is 0 Å². The molecule has 1 aliphatic heterocycles. The number of ether oxygens (including phenoxy) is 1. The third-order valence-corrected chi connectivity index (χ3v) is 7.42. The highest BCUT2D eigenvalue weighted by Gasteiger charge is 2.35. The summed E-state index contributed by atoms with van der Waals surface area (Å²) in [5.74, 6) is -0.0826. The van der Waals surface area contributed by atoms with E-state index < -0.39 is 6.04 Å². The van der Waals surface area contributed by atoms with Crippen molar-refractivity contribution >= 4 is 35.1 Å². The minimum Gasteiger partial charge on any atom is -0.376 e. The Balaban J connectivity index is 1.48. The number of carbonyl (C=O) groups excluding carboxylic acids is 3. The molecule has 2 fully saturated rings. The van der Waals surface area contributed by atoms with Crippen molar-refractivity contribution in [2.45, 2.75) is 82.4 Å². The van der Waals surface area contributed by atoms with Gasteiger partial charge in [0.15, 0.2) is 0 Å². The Kier molecular flexibility index (Phi) is 10.5. The van der Waals surface area contributed by atoms with Crippen molar-refractivity contribution in [3.63, 3.8) is 0 Å². The van der Waals surface area contributed by atoms with Gasteiger partial charge in [0.25, 0.3) is 0 Å². The summed E-state index contributed by atoms with van der Waals surface area (Å²) in [6.07, 6.45) is 9.20. The zero-order valence-corrected chi connectivity index (χ0v) is 22.5. The first-order chi connectivity index (χ1) is 18.5. The van der Waals surface area contributed by atoms with Crippen LogP contribution in [0.15, 0.2) is 48.7 Å². The summed E-state index contributed by atoms with van der Waals surface area (Å²) in [6, 6.07) is 11.7. The van der Waals surface area contributed by atoms with Crippen LogP contribution in [0.2, 0.25) is 5.02 Å². The molecule has 3 amide bonds. The fraction of sp³-hybridized carbons (Fsp3) is 0.517. The summed E-state index contributed by atoms with van der Waals surface area (Å²) in [6.45, 7) is 0.977. The standard InChI is InChI=1S/C29H37ClN4O4/c30-22-16-14-21(15-17-22)28(29(37)32-23-8-2-1-3-9-23)34(20-24-10-7-19-38-24)27(36)13-6-12-26(35)33-25-11-4-5-18-31-25/h4-5,11,14-18,23-24,28H,1-3,6-10,12-13,19-20H2,(H,32,37)(H,31,33,35)/t24-,28-/m0/s1. The second-order valence-electron chi connectivity index (χ2n) is 10.1. The smallest absolute Gasteiger partial charge is 0.247 e. The van der Waals surface area contributed by atoms with E-state index in [1.54, 1.807) is 41.4 Å². The highest BCUT2D eigenvalue weighted by atomic mass is 35.5. The average molecular weight is 541 g/mol. The molecule has 204 valence electrons. The van der Waals surface area contributed by atoms with Gasteiger partial charge < -0.3 is 20.3 Å². The van der Waals surface area contributed by atoms with Crippen LogP contribution in [0.4, 0.5) is 5.82 Å². The monoisotopic (exact) mass is 540 g/mol. The molecular weight excluding hydrogens is 504 g/mol. The number of amides is 3. The lowest BCUT2D eigenvalue weighted by atomic mass is 9.94. The zero-order chi connectivity index (χ0) is 26.7. The summed E-state index contributed by atoms with van der Waals surface area (Å²) in [4.78, 5) is 45.6. The van der Waals surface area contributed by atoms with Crippen molar-refractivity contribution in [1.29, 1.82) is 0 Å². The number of aromatic nitrogens is 1. The number of hydrogen-bond acceptors (Lipinski definition) is 5.